The van der Waals surface area contributed by atoms with Gasteiger partial charge in [0.2, 0.25) is 0 Å². The highest BCUT2D eigenvalue weighted by Gasteiger charge is 2.43. The van der Waals surface area contributed by atoms with Crippen LogP contribution < -0.4 is 5.32 Å². The van der Waals surface area contributed by atoms with E-state index in [2.05, 4.69) is 439 Å². The molecule has 1 aliphatic carbocycles. The summed E-state index contributed by atoms with van der Waals surface area (Å²) in [6.45, 7) is 69.7. The number of hydrogen-bond donors (Lipinski definition) is 2. The summed E-state index contributed by atoms with van der Waals surface area (Å²) < 4.78 is 48.1. The summed E-state index contributed by atoms with van der Waals surface area (Å²) >= 11 is 0. The second-order valence-electron chi connectivity index (χ2n) is 47.0. The van der Waals surface area contributed by atoms with E-state index < -0.39 is 17.5 Å². The Kier molecular flexibility index (Phi) is 33.6. The van der Waals surface area contributed by atoms with E-state index in [0.717, 1.165) is 40.9 Å². The molecule has 10 heterocycles. The van der Waals surface area contributed by atoms with Gasteiger partial charge < -0.3 is 23.3 Å². The van der Waals surface area contributed by atoms with Gasteiger partial charge in [-0.25, -0.2) is 9.97 Å². The van der Waals surface area contributed by atoms with Gasteiger partial charge in [-0.3, -0.25) is 24.1 Å². The van der Waals surface area contributed by atoms with E-state index in [1.165, 1.54) is 117 Å². The van der Waals surface area contributed by atoms with Crippen LogP contribution in [0.25, 0.3) is 65.8 Å². The van der Waals surface area contributed by atoms with Crippen LogP contribution in [-0.4, -0.2) is 75.4 Å². The molecule has 0 amide bonds. The molecule has 2 aliphatic rings. The van der Waals surface area contributed by atoms with Gasteiger partial charge in [0.05, 0.1) is 46.8 Å². The van der Waals surface area contributed by atoms with Crippen molar-refractivity contribution in [2.75, 3.05) is 5.32 Å². The van der Waals surface area contributed by atoms with E-state index in [9.17, 15) is 22.8 Å². The lowest BCUT2D eigenvalue weighted by Crippen LogP contribution is -2.31. The predicted octanol–water partition coefficient (Wildman–Crippen LogP) is 30.1. The molecule has 16 aromatic rings. The minimum Gasteiger partial charge on any atom is -0.353 e. The number of imidazole rings is 2. The van der Waals surface area contributed by atoms with Crippen LogP contribution in [0.5, 0.6) is 0 Å². The van der Waals surface area contributed by atoms with Crippen LogP contribution in [0.3, 0.4) is 0 Å². The molecule has 0 radical (unpaired) electrons. The molecule has 0 unspecified atom stereocenters. The SMILES string of the molecule is C=C1Nc2cc(C(C)(C)C)ccc2CC1=O.CC(C)(C)c1ccc2c(c1)CCC(=O)C2.CC(C)(C)c1ccc2cn[nH]c2c1.CC(C)(C)c1ccc2nccn2c1.CC(C)(C)c1ccn2ccnc2c1.C[C@H](C(C)(C)C)C(F)(F)F.Cn1ccc2cc(C(C)(C)C)ccc21.Cn1ccc2ccc(C(C)(C)C)cc21.Cn1ncc2cc(C(C)(C)C)ccc21.Cn1ncc2ccc(C(C)(C)C)cc21. The maximum Gasteiger partial charge on any atom is 0.392 e. The van der Waals surface area contributed by atoms with Crippen LogP contribution in [0.2, 0.25) is 0 Å². The van der Waals surface area contributed by atoms with Gasteiger partial charge in [0.25, 0.3) is 0 Å². The van der Waals surface area contributed by atoms with Crippen molar-refractivity contribution >= 4 is 83.1 Å². The molecule has 0 saturated carbocycles. The van der Waals surface area contributed by atoms with E-state index >= 15 is 0 Å². The number of alkyl halides is 3. The number of rotatable bonds is 0. The molecule has 0 saturated heterocycles. The monoisotopic (exact) mass is 1840 g/mol. The number of halogens is 3. The lowest BCUT2D eigenvalue weighted by atomic mass is 9.82. The summed E-state index contributed by atoms with van der Waals surface area (Å²) in [6, 6.07) is 58.6. The quantitative estimate of drug-likeness (QED) is 0.142. The first-order valence-electron chi connectivity index (χ1n) is 47.7. The van der Waals surface area contributed by atoms with Crippen molar-refractivity contribution in [3.05, 3.63) is 311 Å². The van der Waals surface area contributed by atoms with Crippen molar-refractivity contribution < 1.29 is 22.8 Å². The van der Waals surface area contributed by atoms with Crippen LogP contribution >= 0.6 is 0 Å². The van der Waals surface area contributed by atoms with Gasteiger partial charge in [-0.15, -0.1) is 0 Å². The zero-order chi connectivity index (χ0) is 101. The highest BCUT2D eigenvalue weighted by Crippen LogP contribution is 2.40. The smallest absolute Gasteiger partial charge is 0.353 e. The van der Waals surface area contributed by atoms with Gasteiger partial charge in [-0.1, -0.05) is 306 Å². The second kappa shape index (κ2) is 42.4. The molecule has 9 aromatic heterocycles. The average molecular weight is 1850 g/mol. The van der Waals surface area contributed by atoms with Crippen molar-refractivity contribution in [2.45, 2.75) is 295 Å². The Morgan fingerprint density at radius 3 is 1.32 bits per heavy atom. The Morgan fingerprint density at radius 1 is 0.353 bits per heavy atom. The maximum absolute atomic E-state index is 11.9. The van der Waals surface area contributed by atoms with Gasteiger partial charge in [0, 0.05) is 130 Å². The molecule has 0 fully saturated rings. The van der Waals surface area contributed by atoms with Gasteiger partial charge in [0.15, 0.2) is 5.78 Å². The number of anilines is 1. The third-order valence-corrected chi connectivity index (χ3v) is 25.4. The fourth-order valence-electron chi connectivity index (χ4n) is 15.3. The number of benzene rings is 7. The minimum atomic E-state index is -4.06. The number of Topliss-reactive ketones (excluding diaryl/α,β-unsaturated/α-hetero) is 2. The van der Waals surface area contributed by atoms with Gasteiger partial charge >= 0.3 is 6.18 Å². The number of ketones is 2. The number of carbonyl (C=O) groups excluding carboxylic acids is 2. The normalized spacial score (nSPS) is 13.5. The summed E-state index contributed by atoms with van der Waals surface area (Å²) in [4.78, 5) is 31.2. The van der Waals surface area contributed by atoms with E-state index in [1.807, 2.05) is 77.3 Å². The Morgan fingerprint density at radius 2 is 0.779 bits per heavy atom. The number of hydrogen-bond acceptors (Lipinski definition) is 8. The zero-order valence-electron chi connectivity index (χ0n) is 88.4. The topological polar surface area (TPSA) is 155 Å². The molecule has 1 aliphatic heterocycles. The Balaban J connectivity index is 0.000000170. The largest absolute Gasteiger partial charge is 0.392 e. The van der Waals surface area contributed by atoms with Crippen molar-refractivity contribution in [3.8, 4) is 0 Å². The van der Waals surface area contributed by atoms with Gasteiger partial charge in [0.1, 0.15) is 17.1 Å². The maximum atomic E-state index is 11.9. The third-order valence-electron chi connectivity index (χ3n) is 25.4. The van der Waals surface area contributed by atoms with Crippen molar-refractivity contribution in [1.29, 1.82) is 0 Å². The summed E-state index contributed by atoms with van der Waals surface area (Å²) in [5, 5.41) is 24.8. The molecule has 0 spiro atoms. The lowest BCUT2D eigenvalue weighted by molar-refractivity contribution is -0.194. The minimum absolute atomic E-state index is 0.0796. The number of nitrogens with one attached hydrogen (secondary N) is 2. The van der Waals surface area contributed by atoms with Crippen LogP contribution in [0.15, 0.2) is 244 Å². The predicted molar refractivity (Wildman–Crippen MR) is 568 cm³/mol. The number of H-pyrrole nitrogens is 1. The molecule has 18 rings (SSSR count). The first-order chi connectivity index (χ1) is 62.6. The molecular weight excluding hydrogens is 1690 g/mol. The fraction of sp³-hybridized carbons (Fsp3) is 0.432. The first kappa shape index (κ1) is 108. The van der Waals surface area contributed by atoms with E-state index in [4.69, 9.17) is 0 Å². The molecule has 136 heavy (non-hydrogen) atoms. The summed E-state index contributed by atoms with van der Waals surface area (Å²) in [5.41, 5.74) is 26.7. The van der Waals surface area contributed by atoms with Crippen molar-refractivity contribution in [3.63, 3.8) is 0 Å². The average Bonchev–Trinajstić information content (AvgIpc) is 1.54. The van der Waals surface area contributed by atoms with Crippen LogP contribution in [0.4, 0.5) is 18.9 Å². The highest BCUT2D eigenvalue weighted by molar-refractivity contribution is 6.02. The Hall–Kier alpha value is -11.9. The molecule has 0 bridgehead atoms. The molecule has 2 N–H and O–H groups in total. The van der Waals surface area contributed by atoms with Crippen molar-refractivity contribution in [2.24, 2.45) is 39.5 Å². The van der Waals surface area contributed by atoms with E-state index in [0.29, 0.717) is 24.3 Å². The van der Waals surface area contributed by atoms with Gasteiger partial charge in [-0.2, -0.15) is 28.5 Å². The Bertz CT molecular complexity index is 6360. The number of nitrogens with zero attached hydrogens (tertiary/aromatic N) is 11. The fourth-order valence-corrected chi connectivity index (χ4v) is 15.3. The van der Waals surface area contributed by atoms with E-state index in [1.54, 1.807) is 20.8 Å². The summed E-state index contributed by atoms with van der Waals surface area (Å²) in [7, 11) is 8.13. The van der Waals surface area contributed by atoms with Crippen LogP contribution in [0, 0.1) is 11.3 Å². The molecule has 1 atom stereocenters. The Labute approximate surface area is 809 Å². The molecule has 18 heteroatoms. The van der Waals surface area contributed by atoms with Crippen LogP contribution in [-0.2, 0) is 106 Å². The third kappa shape index (κ3) is 29.6. The standard InChI is InChI=1S/C14H17NO.C14H18O.2C13H17N.2C12H16N2.3C11H14N2.C7H13F3/c1-9-13(16)7-10-5-6-11(14(2,3)4)8-12(10)15-9;1-14(2,3)12-6-4-11-9-13(15)7-5-10(11)8-12;1-13(2,3)11-5-6-12-10(9-11)7-8-14(12)4;1-13(2,3)11-6-5-10-7-8-14(4)12(10)9-11;1-12(2,3)10-5-6-11-9(7-10)8-13-14(11)4;1-12(2,3)10-6-5-9-8-13-14(4)11(9)7-10;1-11(2,3)9-4-6-13-7-5-12-10(13)8-9;1-11(2,3)9-5-4-8-7-12-13-10(8)6-9;1-11(2,3)9-4-5-10-12-6-7-13(10)8-9;1-5(6(2,3)4)7(8,9)10/h5-6,8,15H,1,7H2,2-4H3;4,6,8H,5,7,9H2,1-3H3;2*5-9H,1-4H3;2*5-8H,1-4H3;4-8H,1-3H3;4-7H,1-3H3,(H,12,13);4-8H,1-3H3;5H,1-4H3/t;;;;;;;;;5-/m.........1/s1. The van der Waals surface area contributed by atoms with Crippen LogP contribution in [0.1, 0.15) is 288 Å². The van der Waals surface area contributed by atoms with E-state index in [-0.39, 0.29) is 54.5 Å². The molecular formula is C118H156F3N13O2. The zero-order valence-corrected chi connectivity index (χ0v) is 88.4. The molecule has 15 nitrogen and oxygen atoms in total. The molecule has 7 aromatic carbocycles. The number of carbonyl (C=O) groups is 2. The number of aromatic amines is 1. The molecule has 726 valence electrons. The first-order valence-corrected chi connectivity index (χ1v) is 47.7. The summed E-state index contributed by atoms with van der Waals surface area (Å²) in [5.74, 6) is -0.776. The van der Waals surface area contributed by atoms with Crippen molar-refractivity contribution in [1.82, 2.24) is 57.7 Å². The highest BCUT2D eigenvalue weighted by atomic mass is 19.4. The number of fused-ring (bicyclic) bond motifs is 9. The number of aryl methyl sites for hydroxylation is 5. The number of aromatic nitrogens is 12. The number of pyridine rings is 2. The summed E-state index contributed by atoms with van der Waals surface area (Å²) in [6.07, 6.45) is 20.4. The van der Waals surface area contributed by atoms with Gasteiger partial charge in [-0.05, 0) is 217 Å². The second-order valence-corrected chi connectivity index (χ2v) is 47.0. The lowest BCUT2D eigenvalue weighted by Gasteiger charge is -2.28. The number of allylic oxidation sites excluding steroid dienone is 1.